The first kappa shape index (κ1) is 14.1. The quantitative estimate of drug-likeness (QED) is 0.843. The lowest BCUT2D eigenvalue weighted by Crippen LogP contribution is -2.38. The first-order chi connectivity index (χ1) is 10.7. The molecule has 112 valence electrons. The summed E-state index contributed by atoms with van der Waals surface area (Å²) in [7, 11) is 0. The number of nitrogens with zero attached hydrogens (tertiary/aromatic N) is 1. The largest absolute Gasteiger partial charge is 0.469 e. The van der Waals surface area contributed by atoms with E-state index in [-0.39, 0.29) is 17.6 Å². The number of hydrogen-bond acceptors (Lipinski definition) is 5. The molecule has 0 saturated carbocycles. The molecule has 2 N–H and O–H groups in total. The van der Waals surface area contributed by atoms with E-state index in [1.807, 2.05) is 6.07 Å². The Morgan fingerprint density at radius 1 is 1.27 bits per heavy atom. The second-order valence-electron chi connectivity index (χ2n) is 5.08. The van der Waals surface area contributed by atoms with Crippen LogP contribution < -0.4 is 10.9 Å². The third-order valence-electron chi connectivity index (χ3n) is 3.45. The maximum absolute atomic E-state index is 11.9. The molecule has 1 aliphatic rings. The van der Waals surface area contributed by atoms with Gasteiger partial charge in [-0.25, -0.2) is 0 Å². The van der Waals surface area contributed by atoms with Crippen LogP contribution in [0, 0.1) is 0 Å². The van der Waals surface area contributed by atoms with Gasteiger partial charge in [-0.2, -0.15) is 0 Å². The summed E-state index contributed by atoms with van der Waals surface area (Å²) in [5, 5.41) is 0. The van der Waals surface area contributed by atoms with E-state index in [2.05, 4.69) is 15.8 Å². The van der Waals surface area contributed by atoms with Crippen LogP contribution in [0.25, 0.3) is 0 Å². The van der Waals surface area contributed by atoms with Gasteiger partial charge in [0.15, 0.2) is 5.78 Å². The number of allylic oxidation sites excluding steroid dienone is 2. The monoisotopic (exact) mass is 297 g/mol. The highest BCUT2D eigenvalue weighted by atomic mass is 16.3. The van der Waals surface area contributed by atoms with Gasteiger partial charge >= 0.3 is 0 Å². The van der Waals surface area contributed by atoms with Crippen molar-refractivity contribution in [2.75, 3.05) is 0 Å². The van der Waals surface area contributed by atoms with Crippen molar-refractivity contribution < 1.29 is 14.0 Å². The Balaban J connectivity index is 1.62. The van der Waals surface area contributed by atoms with Crippen molar-refractivity contribution in [1.82, 2.24) is 15.8 Å². The predicted octanol–water partition coefficient (Wildman–Crippen LogP) is 1.94. The molecule has 0 radical (unpaired) electrons. The third-order valence-corrected chi connectivity index (χ3v) is 3.45. The summed E-state index contributed by atoms with van der Waals surface area (Å²) in [5.41, 5.74) is 6.50. The van der Waals surface area contributed by atoms with Crippen LogP contribution in [0.1, 0.15) is 34.9 Å². The molecule has 0 fully saturated rings. The summed E-state index contributed by atoms with van der Waals surface area (Å²) in [6.07, 6.45) is 7.20. The Bertz CT molecular complexity index is 693. The molecule has 0 aromatic carbocycles. The molecule has 0 unspecified atom stereocenters. The fourth-order valence-corrected chi connectivity index (χ4v) is 2.41. The van der Waals surface area contributed by atoms with Crippen LogP contribution in [0.2, 0.25) is 0 Å². The number of hydrazine groups is 1. The molecule has 3 rings (SSSR count). The SMILES string of the molecule is O=C1C=C(NNC(=O)c2cccnc2)C[C@@H](c2ccco2)C1. The molecule has 0 aliphatic heterocycles. The number of rotatable bonds is 4. The van der Waals surface area contributed by atoms with Gasteiger partial charge in [-0.1, -0.05) is 0 Å². The molecule has 1 amide bonds. The first-order valence-electron chi connectivity index (χ1n) is 6.95. The van der Waals surface area contributed by atoms with E-state index in [1.165, 1.54) is 12.3 Å². The topological polar surface area (TPSA) is 84.2 Å². The van der Waals surface area contributed by atoms with Gasteiger partial charge in [-0.05, 0) is 30.7 Å². The highest BCUT2D eigenvalue weighted by molar-refractivity contribution is 5.94. The number of nitrogens with one attached hydrogen (secondary N) is 2. The van der Waals surface area contributed by atoms with Crippen molar-refractivity contribution in [3.8, 4) is 0 Å². The number of carbonyl (C=O) groups is 2. The maximum Gasteiger partial charge on any atom is 0.271 e. The molecule has 0 bridgehead atoms. The number of furan rings is 1. The normalized spacial score (nSPS) is 17.7. The fraction of sp³-hybridized carbons (Fsp3) is 0.188. The highest BCUT2D eigenvalue weighted by Gasteiger charge is 2.24. The average molecular weight is 297 g/mol. The van der Waals surface area contributed by atoms with Crippen LogP contribution in [-0.4, -0.2) is 16.7 Å². The molecule has 2 aromatic rings. The number of pyridine rings is 1. The van der Waals surface area contributed by atoms with Crippen molar-refractivity contribution in [1.29, 1.82) is 0 Å². The molecule has 1 aliphatic carbocycles. The van der Waals surface area contributed by atoms with Gasteiger partial charge < -0.3 is 9.84 Å². The number of amides is 1. The van der Waals surface area contributed by atoms with Gasteiger partial charge in [0.2, 0.25) is 0 Å². The Labute approximate surface area is 127 Å². The van der Waals surface area contributed by atoms with Gasteiger partial charge in [0.25, 0.3) is 5.91 Å². The minimum Gasteiger partial charge on any atom is -0.469 e. The molecule has 2 heterocycles. The maximum atomic E-state index is 11.9. The fourth-order valence-electron chi connectivity index (χ4n) is 2.41. The summed E-state index contributed by atoms with van der Waals surface area (Å²) in [6.45, 7) is 0. The van der Waals surface area contributed by atoms with Gasteiger partial charge in [-0.3, -0.25) is 20.0 Å². The van der Waals surface area contributed by atoms with Gasteiger partial charge in [-0.15, -0.1) is 0 Å². The highest BCUT2D eigenvalue weighted by Crippen LogP contribution is 2.30. The Morgan fingerprint density at radius 3 is 2.91 bits per heavy atom. The van der Waals surface area contributed by atoms with Gasteiger partial charge in [0, 0.05) is 36.5 Å². The van der Waals surface area contributed by atoms with E-state index >= 15 is 0 Å². The molecule has 2 aromatic heterocycles. The van der Waals surface area contributed by atoms with Crippen LogP contribution in [0.5, 0.6) is 0 Å². The van der Waals surface area contributed by atoms with E-state index in [9.17, 15) is 9.59 Å². The zero-order valence-corrected chi connectivity index (χ0v) is 11.8. The van der Waals surface area contributed by atoms with Crippen LogP contribution in [0.4, 0.5) is 0 Å². The standard InChI is InChI=1S/C16H15N3O3/c20-14-8-12(15-4-2-6-22-15)7-13(9-14)18-19-16(21)11-3-1-5-17-10-11/h1-6,9-10,12,18H,7-8H2,(H,19,21)/t12-/m1/s1. The second-order valence-corrected chi connectivity index (χ2v) is 5.08. The van der Waals surface area contributed by atoms with Gasteiger partial charge in [0.1, 0.15) is 5.76 Å². The minimum absolute atomic E-state index is 0.00535. The molecule has 0 spiro atoms. The molecular formula is C16H15N3O3. The van der Waals surface area contributed by atoms with Crippen LogP contribution in [0.3, 0.4) is 0 Å². The Hall–Kier alpha value is -2.89. The summed E-state index contributed by atoms with van der Waals surface area (Å²) in [4.78, 5) is 27.6. The van der Waals surface area contributed by atoms with E-state index in [0.29, 0.717) is 24.1 Å². The lowest BCUT2D eigenvalue weighted by atomic mass is 9.89. The first-order valence-corrected chi connectivity index (χ1v) is 6.95. The van der Waals surface area contributed by atoms with Crippen molar-refractivity contribution in [2.45, 2.75) is 18.8 Å². The van der Waals surface area contributed by atoms with E-state index in [1.54, 1.807) is 30.7 Å². The summed E-state index contributed by atoms with van der Waals surface area (Å²) >= 11 is 0. The van der Waals surface area contributed by atoms with Gasteiger partial charge in [0.05, 0.1) is 11.8 Å². The van der Waals surface area contributed by atoms with Crippen molar-refractivity contribution >= 4 is 11.7 Å². The summed E-state index contributed by atoms with van der Waals surface area (Å²) in [5.74, 6) is 0.469. The molecule has 22 heavy (non-hydrogen) atoms. The number of hydrogen-bond donors (Lipinski definition) is 2. The number of aromatic nitrogens is 1. The smallest absolute Gasteiger partial charge is 0.271 e. The Kier molecular flexibility index (Phi) is 4.00. The van der Waals surface area contributed by atoms with Crippen LogP contribution in [-0.2, 0) is 4.79 Å². The van der Waals surface area contributed by atoms with E-state index in [4.69, 9.17) is 4.42 Å². The predicted molar refractivity (Wildman–Crippen MR) is 78.6 cm³/mol. The molecule has 6 heteroatoms. The van der Waals surface area contributed by atoms with Crippen LogP contribution in [0.15, 0.2) is 59.1 Å². The molecular weight excluding hydrogens is 282 g/mol. The lowest BCUT2D eigenvalue weighted by Gasteiger charge is -2.21. The van der Waals surface area contributed by atoms with Crippen LogP contribution >= 0.6 is 0 Å². The van der Waals surface area contributed by atoms with Crippen molar-refractivity contribution in [2.24, 2.45) is 0 Å². The number of carbonyl (C=O) groups excluding carboxylic acids is 2. The molecule has 0 saturated heterocycles. The minimum atomic E-state index is -0.304. The second kappa shape index (κ2) is 6.26. The zero-order chi connectivity index (χ0) is 15.4. The lowest BCUT2D eigenvalue weighted by molar-refractivity contribution is -0.115. The molecule has 1 atom stereocenters. The average Bonchev–Trinajstić information content (AvgIpc) is 3.07. The van der Waals surface area contributed by atoms with E-state index in [0.717, 1.165) is 5.76 Å². The zero-order valence-electron chi connectivity index (χ0n) is 11.8. The Morgan fingerprint density at radius 2 is 2.18 bits per heavy atom. The van der Waals surface area contributed by atoms with E-state index < -0.39 is 0 Å². The molecule has 6 nitrogen and oxygen atoms in total. The summed E-state index contributed by atoms with van der Waals surface area (Å²) in [6, 6.07) is 7.01. The number of ketones is 1. The van der Waals surface area contributed by atoms with Crippen molar-refractivity contribution in [3.05, 3.63) is 66.0 Å². The van der Waals surface area contributed by atoms with Crippen molar-refractivity contribution in [3.63, 3.8) is 0 Å². The summed E-state index contributed by atoms with van der Waals surface area (Å²) < 4.78 is 5.36. The third kappa shape index (κ3) is 3.22.